The van der Waals surface area contributed by atoms with Crippen LogP contribution >= 0.6 is 11.6 Å². The van der Waals surface area contributed by atoms with E-state index < -0.39 is 0 Å². The third-order valence-electron chi connectivity index (χ3n) is 6.08. The van der Waals surface area contributed by atoms with Crippen molar-refractivity contribution in [1.29, 1.82) is 0 Å². The standard InChI is InChI=1S/C26H24ClN3O/c1-15(2)17-12-8-13-19-16(3)18-9-4-5-10-20(18)24(28-23(17)19)26-29-25(30-31-26)21-11-6-7-14-22(21)27/h4-16,24,28H,1-3H3. The molecule has 2 atom stereocenters. The fourth-order valence-electron chi connectivity index (χ4n) is 4.45. The second-order valence-corrected chi connectivity index (χ2v) is 8.74. The molecule has 0 spiro atoms. The molecule has 0 amide bonds. The Morgan fingerprint density at radius 3 is 2.39 bits per heavy atom. The highest BCUT2D eigenvalue weighted by Gasteiger charge is 2.32. The highest BCUT2D eigenvalue weighted by molar-refractivity contribution is 6.33. The molecule has 1 N–H and O–H groups in total. The number of aromatic nitrogens is 2. The molecule has 1 aliphatic heterocycles. The second-order valence-electron chi connectivity index (χ2n) is 8.33. The van der Waals surface area contributed by atoms with Gasteiger partial charge >= 0.3 is 0 Å². The number of halogens is 1. The Bertz CT molecular complexity index is 1250. The number of para-hydroxylation sites is 1. The van der Waals surface area contributed by atoms with E-state index in [0.29, 0.717) is 22.7 Å². The van der Waals surface area contributed by atoms with Crippen molar-refractivity contribution in [2.24, 2.45) is 0 Å². The van der Waals surface area contributed by atoms with E-state index in [1.54, 1.807) is 0 Å². The van der Waals surface area contributed by atoms with Gasteiger partial charge in [0.1, 0.15) is 6.04 Å². The number of benzene rings is 3. The summed E-state index contributed by atoms with van der Waals surface area (Å²) in [7, 11) is 0. The molecule has 31 heavy (non-hydrogen) atoms. The summed E-state index contributed by atoms with van der Waals surface area (Å²) in [5.41, 5.74) is 6.90. The zero-order valence-corrected chi connectivity index (χ0v) is 18.5. The third kappa shape index (κ3) is 3.41. The third-order valence-corrected chi connectivity index (χ3v) is 6.41. The highest BCUT2D eigenvalue weighted by Crippen LogP contribution is 2.44. The number of hydrogen-bond acceptors (Lipinski definition) is 4. The Labute approximate surface area is 187 Å². The SMILES string of the molecule is CC(C)c1cccc2c1NC(c1nc(-c3ccccc3Cl)no1)c1ccccc1C2C. The maximum atomic E-state index is 6.37. The quantitative estimate of drug-likeness (QED) is 0.374. The van der Waals surface area contributed by atoms with Crippen LogP contribution in [0.15, 0.2) is 71.3 Å². The van der Waals surface area contributed by atoms with Crippen LogP contribution < -0.4 is 5.32 Å². The number of fused-ring (bicyclic) bond motifs is 2. The average Bonchev–Trinajstić information content (AvgIpc) is 3.22. The van der Waals surface area contributed by atoms with E-state index in [0.717, 1.165) is 16.8 Å². The summed E-state index contributed by atoms with van der Waals surface area (Å²) in [5, 5.41) is 8.61. The van der Waals surface area contributed by atoms with Gasteiger partial charge in [-0.05, 0) is 40.3 Å². The van der Waals surface area contributed by atoms with Crippen LogP contribution in [0.3, 0.4) is 0 Å². The van der Waals surface area contributed by atoms with Gasteiger partial charge < -0.3 is 9.84 Å². The highest BCUT2D eigenvalue weighted by atomic mass is 35.5. The van der Waals surface area contributed by atoms with Crippen molar-refractivity contribution in [2.45, 2.75) is 38.6 Å². The first kappa shape index (κ1) is 19.8. The van der Waals surface area contributed by atoms with Gasteiger partial charge in [-0.3, -0.25) is 0 Å². The Hall–Kier alpha value is -3.11. The van der Waals surface area contributed by atoms with Crippen molar-refractivity contribution in [3.05, 3.63) is 99.9 Å². The maximum Gasteiger partial charge on any atom is 0.254 e. The number of hydrogen-bond donors (Lipinski definition) is 1. The normalized spacial score (nSPS) is 17.6. The molecular formula is C26H24ClN3O. The van der Waals surface area contributed by atoms with Crippen molar-refractivity contribution in [1.82, 2.24) is 10.1 Å². The molecule has 0 saturated carbocycles. The molecular weight excluding hydrogens is 406 g/mol. The van der Waals surface area contributed by atoms with Crippen molar-refractivity contribution < 1.29 is 4.52 Å². The lowest BCUT2D eigenvalue weighted by molar-refractivity contribution is 0.372. The van der Waals surface area contributed by atoms with Crippen molar-refractivity contribution in [2.75, 3.05) is 5.32 Å². The number of nitrogens with zero attached hydrogens (tertiary/aromatic N) is 2. The van der Waals surface area contributed by atoms with Crippen molar-refractivity contribution >= 4 is 17.3 Å². The molecule has 2 heterocycles. The summed E-state index contributed by atoms with van der Waals surface area (Å²) in [6, 6.07) is 22.3. The second kappa shape index (κ2) is 7.86. The van der Waals surface area contributed by atoms with E-state index in [2.05, 4.69) is 73.7 Å². The number of anilines is 1. The van der Waals surface area contributed by atoms with Crippen LogP contribution in [-0.2, 0) is 0 Å². The molecule has 4 aromatic rings. The molecule has 0 bridgehead atoms. The van der Waals surface area contributed by atoms with E-state index in [-0.39, 0.29) is 12.0 Å². The van der Waals surface area contributed by atoms with Gasteiger partial charge in [0, 0.05) is 17.2 Å². The van der Waals surface area contributed by atoms with Gasteiger partial charge in [0.2, 0.25) is 5.82 Å². The molecule has 5 heteroatoms. The van der Waals surface area contributed by atoms with E-state index in [4.69, 9.17) is 21.1 Å². The Kier molecular flexibility index (Phi) is 5.03. The molecule has 0 fully saturated rings. The lowest BCUT2D eigenvalue weighted by Crippen LogP contribution is -2.14. The van der Waals surface area contributed by atoms with Gasteiger partial charge in [0.15, 0.2) is 0 Å². The molecule has 4 nitrogen and oxygen atoms in total. The smallest absolute Gasteiger partial charge is 0.254 e. The summed E-state index contributed by atoms with van der Waals surface area (Å²) in [6.45, 7) is 6.70. The van der Waals surface area contributed by atoms with Gasteiger partial charge in [0.25, 0.3) is 5.89 Å². The Morgan fingerprint density at radius 1 is 0.903 bits per heavy atom. The molecule has 0 aliphatic carbocycles. The van der Waals surface area contributed by atoms with Gasteiger partial charge in [-0.1, -0.05) is 92.1 Å². The first-order valence-electron chi connectivity index (χ1n) is 10.6. The first-order chi connectivity index (χ1) is 15.0. The van der Waals surface area contributed by atoms with Gasteiger partial charge in [-0.2, -0.15) is 4.98 Å². The number of rotatable bonds is 3. The molecule has 2 unspecified atom stereocenters. The minimum absolute atomic E-state index is 0.244. The zero-order valence-electron chi connectivity index (χ0n) is 17.8. The minimum atomic E-state index is -0.247. The Morgan fingerprint density at radius 2 is 1.61 bits per heavy atom. The van der Waals surface area contributed by atoms with Crippen LogP contribution in [0.1, 0.15) is 66.8 Å². The predicted molar refractivity (Wildman–Crippen MR) is 125 cm³/mol. The summed E-state index contributed by atoms with van der Waals surface area (Å²) < 4.78 is 5.79. The Balaban J connectivity index is 1.67. The van der Waals surface area contributed by atoms with Crippen LogP contribution in [0, 0.1) is 0 Å². The topological polar surface area (TPSA) is 51.0 Å². The van der Waals surface area contributed by atoms with Crippen LogP contribution in [0.4, 0.5) is 5.69 Å². The minimum Gasteiger partial charge on any atom is -0.370 e. The summed E-state index contributed by atoms with van der Waals surface area (Å²) in [6.07, 6.45) is 0. The lowest BCUT2D eigenvalue weighted by atomic mass is 9.87. The van der Waals surface area contributed by atoms with Crippen LogP contribution in [-0.4, -0.2) is 10.1 Å². The largest absolute Gasteiger partial charge is 0.370 e. The molecule has 1 aliphatic rings. The summed E-state index contributed by atoms with van der Waals surface area (Å²) in [5.74, 6) is 1.65. The summed E-state index contributed by atoms with van der Waals surface area (Å²) >= 11 is 6.37. The first-order valence-corrected chi connectivity index (χ1v) is 11.0. The van der Waals surface area contributed by atoms with Crippen LogP contribution in [0.5, 0.6) is 0 Å². The summed E-state index contributed by atoms with van der Waals surface area (Å²) in [4.78, 5) is 4.75. The lowest BCUT2D eigenvalue weighted by Gasteiger charge is -2.21. The zero-order chi connectivity index (χ0) is 21.5. The van der Waals surface area contributed by atoms with E-state index in [1.165, 1.54) is 16.7 Å². The molecule has 3 aromatic carbocycles. The molecule has 156 valence electrons. The van der Waals surface area contributed by atoms with Gasteiger partial charge in [-0.25, -0.2) is 0 Å². The molecule has 0 radical (unpaired) electrons. The fraction of sp³-hybridized carbons (Fsp3) is 0.231. The fourth-order valence-corrected chi connectivity index (χ4v) is 4.67. The monoisotopic (exact) mass is 429 g/mol. The maximum absolute atomic E-state index is 6.37. The van der Waals surface area contributed by atoms with Crippen molar-refractivity contribution in [3.8, 4) is 11.4 Å². The van der Waals surface area contributed by atoms with E-state index in [1.807, 2.05) is 24.3 Å². The number of nitrogens with one attached hydrogen (secondary N) is 1. The average molecular weight is 430 g/mol. The van der Waals surface area contributed by atoms with Gasteiger partial charge in [0.05, 0.1) is 5.02 Å². The van der Waals surface area contributed by atoms with Crippen LogP contribution in [0.2, 0.25) is 5.02 Å². The molecule has 0 saturated heterocycles. The van der Waals surface area contributed by atoms with E-state index >= 15 is 0 Å². The molecule has 5 rings (SSSR count). The van der Waals surface area contributed by atoms with Crippen LogP contribution in [0.25, 0.3) is 11.4 Å². The molecule has 1 aromatic heterocycles. The van der Waals surface area contributed by atoms with E-state index in [9.17, 15) is 0 Å². The van der Waals surface area contributed by atoms with Gasteiger partial charge in [-0.15, -0.1) is 0 Å². The predicted octanol–water partition coefficient (Wildman–Crippen LogP) is 7.18. The van der Waals surface area contributed by atoms with Crippen molar-refractivity contribution in [3.63, 3.8) is 0 Å².